The summed E-state index contributed by atoms with van der Waals surface area (Å²) >= 11 is 0. The molecule has 0 atom stereocenters. The molecule has 0 unspecified atom stereocenters. The van der Waals surface area contributed by atoms with Crippen molar-refractivity contribution in [2.75, 3.05) is 25.0 Å². The van der Waals surface area contributed by atoms with Crippen LogP contribution in [-0.4, -0.2) is 36.0 Å². The van der Waals surface area contributed by atoms with Gasteiger partial charge in [-0.3, -0.25) is 9.78 Å². The number of likely N-dealkylation sites (N-methyl/N-ethyl adjacent to an activating group) is 1. The lowest BCUT2D eigenvalue weighted by atomic mass is 10.2. The van der Waals surface area contributed by atoms with E-state index < -0.39 is 0 Å². The van der Waals surface area contributed by atoms with Crippen molar-refractivity contribution in [3.05, 3.63) is 54.1 Å². The smallest absolute Gasteiger partial charge is 0.269 e. The van der Waals surface area contributed by atoms with Crippen LogP contribution in [0.4, 0.5) is 5.69 Å². The van der Waals surface area contributed by atoms with E-state index in [1.165, 1.54) is 5.56 Å². The van der Waals surface area contributed by atoms with Gasteiger partial charge in [0.25, 0.3) is 5.91 Å². The van der Waals surface area contributed by atoms with Crippen molar-refractivity contribution in [1.29, 1.82) is 0 Å². The highest BCUT2D eigenvalue weighted by molar-refractivity contribution is 5.92. The van der Waals surface area contributed by atoms with E-state index in [9.17, 15) is 4.79 Å². The largest absolute Gasteiger partial charge is 0.373 e. The quantitative estimate of drug-likeness (QED) is 0.720. The summed E-state index contributed by atoms with van der Waals surface area (Å²) in [4.78, 5) is 22.5. The molecule has 24 heavy (non-hydrogen) atoms. The third-order valence-corrected chi connectivity index (χ3v) is 3.97. The molecule has 0 saturated heterocycles. The maximum Gasteiger partial charge on any atom is 0.269 e. The summed E-state index contributed by atoms with van der Waals surface area (Å²) in [5.41, 5.74) is 2.73. The van der Waals surface area contributed by atoms with Gasteiger partial charge in [0.1, 0.15) is 5.69 Å². The van der Waals surface area contributed by atoms with Gasteiger partial charge in [0, 0.05) is 32.5 Å². The number of nitrogens with one attached hydrogen (secondary N) is 1. The van der Waals surface area contributed by atoms with Crippen molar-refractivity contribution in [2.24, 2.45) is 0 Å². The number of amides is 1. The van der Waals surface area contributed by atoms with Gasteiger partial charge in [-0.1, -0.05) is 19.8 Å². The van der Waals surface area contributed by atoms with E-state index in [0.717, 1.165) is 37.9 Å². The molecule has 2 heterocycles. The Hall–Kier alpha value is -2.43. The first-order valence-electron chi connectivity index (χ1n) is 8.55. The SMILES string of the molecule is CCCCCNC(=O)c1ccc(N(C)CCc2ccncc2)cn1. The molecule has 0 aliphatic rings. The van der Waals surface area contributed by atoms with Crippen molar-refractivity contribution in [2.45, 2.75) is 32.6 Å². The molecule has 1 N–H and O–H groups in total. The molecule has 2 aromatic heterocycles. The second kappa shape index (κ2) is 9.65. The summed E-state index contributed by atoms with van der Waals surface area (Å²) in [6.07, 6.45) is 9.61. The van der Waals surface area contributed by atoms with Crippen LogP contribution in [0.3, 0.4) is 0 Å². The summed E-state index contributed by atoms with van der Waals surface area (Å²) in [5, 5.41) is 2.91. The highest BCUT2D eigenvalue weighted by Crippen LogP contribution is 2.12. The molecular formula is C19H26N4O. The number of nitrogens with zero attached hydrogens (tertiary/aromatic N) is 3. The zero-order chi connectivity index (χ0) is 17.2. The maximum atomic E-state index is 12.0. The number of pyridine rings is 2. The molecule has 0 aromatic carbocycles. The minimum Gasteiger partial charge on any atom is -0.373 e. The molecule has 0 spiro atoms. The molecule has 5 nitrogen and oxygen atoms in total. The van der Waals surface area contributed by atoms with Gasteiger partial charge in [-0.2, -0.15) is 0 Å². The molecule has 5 heteroatoms. The average Bonchev–Trinajstić information content (AvgIpc) is 2.64. The van der Waals surface area contributed by atoms with Crippen LogP contribution in [0, 0.1) is 0 Å². The molecule has 0 aliphatic heterocycles. The molecule has 0 saturated carbocycles. The second-order valence-electron chi connectivity index (χ2n) is 5.89. The third kappa shape index (κ3) is 5.65. The Labute approximate surface area is 144 Å². The first kappa shape index (κ1) is 17.9. The number of rotatable bonds is 9. The Morgan fingerprint density at radius 3 is 2.62 bits per heavy atom. The van der Waals surface area contributed by atoms with Crippen molar-refractivity contribution in [3.8, 4) is 0 Å². The summed E-state index contributed by atoms with van der Waals surface area (Å²) in [5.74, 6) is -0.0999. The standard InChI is InChI=1S/C19H26N4O/c1-3-4-5-11-21-19(24)18-7-6-17(15-22-18)23(2)14-10-16-8-12-20-13-9-16/h6-9,12-13,15H,3-5,10-11,14H2,1-2H3,(H,21,24). The van der Waals surface area contributed by atoms with Gasteiger partial charge in [0.2, 0.25) is 0 Å². The van der Waals surface area contributed by atoms with E-state index in [1.54, 1.807) is 12.3 Å². The van der Waals surface area contributed by atoms with E-state index in [0.29, 0.717) is 12.2 Å². The van der Waals surface area contributed by atoms with Gasteiger partial charge in [0.15, 0.2) is 0 Å². The minimum absolute atomic E-state index is 0.0999. The Balaban J connectivity index is 1.83. The maximum absolute atomic E-state index is 12.0. The molecule has 0 radical (unpaired) electrons. The Morgan fingerprint density at radius 2 is 1.96 bits per heavy atom. The molecule has 1 amide bonds. The Bertz CT molecular complexity index is 613. The van der Waals surface area contributed by atoms with Crippen LogP contribution < -0.4 is 10.2 Å². The van der Waals surface area contributed by atoms with Crippen LogP contribution in [0.25, 0.3) is 0 Å². The number of hydrogen-bond acceptors (Lipinski definition) is 4. The number of aromatic nitrogens is 2. The number of carbonyl (C=O) groups excluding carboxylic acids is 1. The van der Waals surface area contributed by atoms with Gasteiger partial charge in [0.05, 0.1) is 11.9 Å². The van der Waals surface area contributed by atoms with E-state index in [1.807, 2.05) is 37.6 Å². The van der Waals surface area contributed by atoms with Crippen LogP contribution in [-0.2, 0) is 6.42 Å². The summed E-state index contributed by atoms with van der Waals surface area (Å²) < 4.78 is 0. The van der Waals surface area contributed by atoms with Crippen molar-refractivity contribution >= 4 is 11.6 Å². The summed E-state index contributed by atoms with van der Waals surface area (Å²) in [6, 6.07) is 7.78. The van der Waals surface area contributed by atoms with Crippen molar-refractivity contribution in [3.63, 3.8) is 0 Å². The first-order valence-corrected chi connectivity index (χ1v) is 8.55. The van der Waals surface area contributed by atoms with Crippen LogP contribution >= 0.6 is 0 Å². The van der Waals surface area contributed by atoms with Crippen molar-refractivity contribution < 1.29 is 4.79 Å². The fraction of sp³-hybridized carbons (Fsp3) is 0.421. The Kier molecular flexibility index (Phi) is 7.21. The van der Waals surface area contributed by atoms with Crippen LogP contribution in [0.1, 0.15) is 42.2 Å². The fourth-order valence-corrected chi connectivity index (χ4v) is 2.39. The molecule has 2 rings (SSSR count). The van der Waals surface area contributed by atoms with Gasteiger partial charge < -0.3 is 10.2 Å². The van der Waals surface area contributed by atoms with Gasteiger partial charge >= 0.3 is 0 Å². The van der Waals surface area contributed by atoms with Crippen LogP contribution in [0.5, 0.6) is 0 Å². The molecule has 2 aromatic rings. The second-order valence-corrected chi connectivity index (χ2v) is 5.89. The number of hydrogen-bond donors (Lipinski definition) is 1. The summed E-state index contributed by atoms with van der Waals surface area (Å²) in [6.45, 7) is 3.74. The van der Waals surface area contributed by atoms with Crippen LogP contribution in [0.2, 0.25) is 0 Å². The lowest BCUT2D eigenvalue weighted by Gasteiger charge is -2.19. The van der Waals surface area contributed by atoms with Gasteiger partial charge in [-0.15, -0.1) is 0 Å². The number of unbranched alkanes of at least 4 members (excludes halogenated alkanes) is 2. The minimum atomic E-state index is -0.0999. The normalized spacial score (nSPS) is 10.4. The highest BCUT2D eigenvalue weighted by atomic mass is 16.1. The number of carbonyl (C=O) groups is 1. The molecule has 0 bridgehead atoms. The van der Waals surface area contributed by atoms with Gasteiger partial charge in [-0.25, -0.2) is 4.98 Å². The van der Waals surface area contributed by atoms with Crippen LogP contribution in [0.15, 0.2) is 42.9 Å². The van der Waals surface area contributed by atoms with Crippen molar-refractivity contribution in [1.82, 2.24) is 15.3 Å². The zero-order valence-electron chi connectivity index (χ0n) is 14.5. The predicted octanol–water partition coefficient (Wildman–Crippen LogP) is 3.08. The first-order chi connectivity index (χ1) is 11.7. The highest BCUT2D eigenvalue weighted by Gasteiger charge is 2.08. The van der Waals surface area contributed by atoms with E-state index >= 15 is 0 Å². The molecular weight excluding hydrogens is 300 g/mol. The van der Waals surface area contributed by atoms with Gasteiger partial charge in [-0.05, 0) is 42.7 Å². The Morgan fingerprint density at radius 1 is 1.17 bits per heavy atom. The fourth-order valence-electron chi connectivity index (χ4n) is 2.39. The lowest BCUT2D eigenvalue weighted by molar-refractivity contribution is 0.0948. The third-order valence-electron chi connectivity index (χ3n) is 3.97. The van der Waals surface area contributed by atoms with E-state index in [2.05, 4.69) is 27.1 Å². The molecule has 0 fully saturated rings. The monoisotopic (exact) mass is 326 g/mol. The number of anilines is 1. The van der Waals surface area contributed by atoms with E-state index in [4.69, 9.17) is 0 Å². The van der Waals surface area contributed by atoms with E-state index in [-0.39, 0.29) is 5.91 Å². The lowest BCUT2D eigenvalue weighted by Crippen LogP contribution is -2.26. The predicted molar refractivity (Wildman–Crippen MR) is 97.3 cm³/mol. The summed E-state index contributed by atoms with van der Waals surface area (Å²) in [7, 11) is 2.03. The zero-order valence-corrected chi connectivity index (χ0v) is 14.5. The molecule has 128 valence electrons. The molecule has 0 aliphatic carbocycles. The topological polar surface area (TPSA) is 58.1 Å². The average molecular weight is 326 g/mol.